The Morgan fingerprint density at radius 2 is 1.96 bits per heavy atom. The summed E-state index contributed by atoms with van der Waals surface area (Å²) in [7, 11) is 0. The molecule has 2 aromatic rings. The predicted octanol–water partition coefficient (Wildman–Crippen LogP) is 2.20. The van der Waals surface area contributed by atoms with Gasteiger partial charge in [0.25, 0.3) is 0 Å². The molecule has 1 aliphatic rings. The molecular weight excluding hydrogens is 364 g/mol. The molecule has 27 heavy (non-hydrogen) atoms. The number of benzene rings is 1. The van der Waals surface area contributed by atoms with Crippen molar-refractivity contribution in [1.82, 2.24) is 10.3 Å². The molecule has 144 valence electrons. The van der Waals surface area contributed by atoms with E-state index in [1.807, 2.05) is 43.3 Å². The van der Waals surface area contributed by atoms with Crippen LogP contribution in [-0.2, 0) is 17.6 Å². The molecule has 3 atom stereocenters. The average molecular weight is 388 g/mol. The van der Waals surface area contributed by atoms with Crippen molar-refractivity contribution in [1.29, 1.82) is 0 Å². The van der Waals surface area contributed by atoms with Crippen LogP contribution in [0.4, 0.5) is 0 Å². The number of aliphatic hydroxyl groups excluding tert-OH is 2. The molecule has 2 heterocycles. The third-order valence-corrected chi connectivity index (χ3v) is 5.77. The number of aliphatic hydroxyl groups is 2. The number of aryl methyl sites for hydroxylation is 1. The Labute approximate surface area is 163 Å². The second kappa shape index (κ2) is 8.29. The van der Waals surface area contributed by atoms with E-state index in [1.54, 1.807) is 6.20 Å². The van der Waals surface area contributed by atoms with Gasteiger partial charge in [0.1, 0.15) is 18.5 Å². The van der Waals surface area contributed by atoms with Crippen molar-refractivity contribution in [2.45, 2.75) is 43.1 Å². The van der Waals surface area contributed by atoms with Crippen LogP contribution in [0.3, 0.4) is 0 Å². The number of nitrogens with zero attached hydrogens (tertiary/aromatic N) is 1. The van der Waals surface area contributed by atoms with Crippen LogP contribution >= 0.6 is 11.8 Å². The van der Waals surface area contributed by atoms with Gasteiger partial charge in [-0.05, 0) is 49.1 Å². The van der Waals surface area contributed by atoms with Crippen molar-refractivity contribution in [2.24, 2.45) is 0 Å². The van der Waals surface area contributed by atoms with Gasteiger partial charge < -0.3 is 20.3 Å². The molecule has 6 nitrogen and oxygen atoms in total. The van der Waals surface area contributed by atoms with Crippen molar-refractivity contribution in [3.8, 4) is 5.75 Å². The number of amides is 1. The number of ether oxygens (including phenoxy) is 1. The highest BCUT2D eigenvalue weighted by atomic mass is 32.2. The van der Waals surface area contributed by atoms with Gasteiger partial charge in [-0.3, -0.25) is 9.78 Å². The van der Waals surface area contributed by atoms with E-state index in [0.29, 0.717) is 17.9 Å². The fourth-order valence-electron chi connectivity index (χ4n) is 2.91. The Balaban J connectivity index is 1.55. The number of nitrogens with one attached hydrogen (secondary N) is 1. The van der Waals surface area contributed by atoms with Gasteiger partial charge in [-0.2, -0.15) is 0 Å². The summed E-state index contributed by atoms with van der Waals surface area (Å²) in [5.41, 5.74) is 1.82. The third-order valence-electron chi connectivity index (χ3n) is 4.58. The number of hydrogen-bond donors (Lipinski definition) is 3. The topological polar surface area (TPSA) is 91.7 Å². The van der Waals surface area contributed by atoms with Crippen molar-refractivity contribution in [3.63, 3.8) is 0 Å². The standard InChI is InChI=1S/C20H24N2O4S/c1-3-13-6-9-16(21-11-13)17(23)12-26-15-7-4-14(5-8-15)10-20(2)18(24)22-19(25)27-20/h4-9,11,17,19,23,25H,3,10,12H2,1-2H3,(H,22,24)/t17-,19?,20?/m0/s1. The number of aromatic nitrogens is 1. The summed E-state index contributed by atoms with van der Waals surface area (Å²) in [6.45, 7) is 3.99. The third kappa shape index (κ3) is 4.80. The van der Waals surface area contributed by atoms with Gasteiger partial charge in [0.15, 0.2) is 5.56 Å². The first-order valence-corrected chi connectivity index (χ1v) is 9.79. The second-order valence-corrected chi connectivity index (χ2v) is 8.35. The number of rotatable bonds is 7. The van der Waals surface area contributed by atoms with E-state index < -0.39 is 16.4 Å². The Morgan fingerprint density at radius 1 is 1.26 bits per heavy atom. The van der Waals surface area contributed by atoms with Crippen LogP contribution in [0.25, 0.3) is 0 Å². The van der Waals surface area contributed by atoms with E-state index in [-0.39, 0.29) is 12.5 Å². The van der Waals surface area contributed by atoms with E-state index >= 15 is 0 Å². The van der Waals surface area contributed by atoms with Crippen LogP contribution in [0.15, 0.2) is 42.6 Å². The van der Waals surface area contributed by atoms with Crippen LogP contribution in [0, 0.1) is 0 Å². The molecule has 3 rings (SSSR count). The minimum Gasteiger partial charge on any atom is -0.490 e. The predicted molar refractivity (Wildman–Crippen MR) is 104 cm³/mol. The van der Waals surface area contributed by atoms with Gasteiger partial charge in [-0.1, -0.05) is 36.9 Å². The van der Waals surface area contributed by atoms with Gasteiger partial charge in [0.05, 0.1) is 10.4 Å². The van der Waals surface area contributed by atoms with Crippen LogP contribution < -0.4 is 10.1 Å². The number of carbonyl (C=O) groups is 1. The summed E-state index contributed by atoms with van der Waals surface area (Å²) in [6, 6.07) is 11.2. The van der Waals surface area contributed by atoms with Crippen molar-refractivity contribution in [3.05, 3.63) is 59.4 Å². The van der Waals surface area contributed by atoms with Crippen molar-refractivity contribution in [2.75, 3.05) is 6.61 Å². The van der Waals surface area contributed by atoms with E-state index in [4.69, 9.17) is 4.74 Å². The van der Waals surface area contributed by atoms with Gasteiger partial charge in [-0.25, -0.2) is 0 Å². The maximum absolute atomic E-state index is 12.0. The van der Waals surface area contributed by atoms with E-state index in [0.717, 1.165) is 17.5 Å². The van der Waals surface area contributed by atoms with E-state index in [9.17, 15) is 15.0 Å². The molecule has 2 unspecified atom stereocenters. The molecule has 0 saturated carbocycles. The molecule has 1 aromatic carbocycles. The SMILES string of the molecule is CCc1ccc([C@@H](O)COc2ccc(CC3(C)SC(O)NC3=O)cc2)nc1. The highest BCUT2D eigenvalue weighted by molar-refractivity contribution is 8.02. The number of thioether (sulfide) groups is 1. The maximum Gasteiger partial charge on any atom is 0.239 e. The summed E-state index contributed by atoms with van der Waals surface area (Å²) in [6.07, 6.45) is 2.39. The number of hydrogen-bond acceptors (Lipinski definition) is 6. The highest BCUT2D eigenvalue weighted by Gasteiger charge is 2.43. The minimum absolute atomic E-state index is 0.111. The Hall–Kier alpha value is -2.09. The van der Waals surface area contributed by atoms with Gasteiger partial charge in [0.2, 0.25) is 5.91 Å². The molecule has 1 aromatic heterocycles. The van der Waals surface area contributed by atoms with Crippen LogP contribution in [0.5, 0.6) is 5.75 Å². The largest absolute Gasteiger partial charge is 0.490 e. The molecule has 1 fully saturated rings. The fourth-order valence-corrected chi connectivity index (χ4v) is 3.99. The number of carbonyl (C=O) groups excluding carboxylic acids is 1. The lowest BCUT2D eigenvalue weighted by molar-refractivity contribution is -0.123. The van der Waals surface area contributed by atoms with Gasteiger partial charge in [0, 0.05) is 6.20 Å². The Kier molecular flexibility index (Phi) is 6.04. The molecule has 0 aliphatic carbocycles. The molecule has 0 bridgehead atoms. The molecule has 0 spiro atoms. The van der Waals surface area contributed by atoms with Crippen LogP contribution in [0.2, 0.25) is 0 Å². The second-order valence-electron chi connectivity index (χ2n) is 6.77. The summed E-state index contributed by atoms with van der Waals surface area (Å²) >= 11 is 1.21. The summed E-state index contributed by atoms with van der Waals surface area (Å²) in [5, 5.41) is 22.3. The maximum atomic E-state index is 12.0. The lowest BCUT2D eigenvalue weighted by Gasteiger charge is -2.19. The van der Waals surface area contributed by atoms with Crippen molar-refractivity contribution < 1.29 is 19.7 Å². The monoisotopic (exact) mass is 388 g/mol. The summed E-state index contributed by atoms with van der Waals surface area (Å²) in [5.74, 6) is 0.474. The number of pyridine rings is 1. The molecule has 1 saturated heterocycles. The van der Waals surface area contributed by atoms with Crippen LogP contribution in [-0.4, -0.2) is 38.0 Å². The molecule has 7 heteroatoms. The fraction of sp³-hybridized carbons (Fsp3) is 0.400. The first-order valence-electron chi connectivity index (χ1n) is 8.91. The van der Waals surface area contributed by atoms with Gasteiger partial charge in [-0.15, -0.1) is 0 Å². The summed E-state index contributed by atoms with van der Waals surface area (Å²) < 4.78 is 4.97. The average Bonchev–Trinajstić information content (AvgIpc) is 2.92. The molecule has 0 radical (unpaired) electrons. The Bertz CT molecular complexity index is 782. The first kappa shape index (κ1) is 19.7. The van der Waals surface area contributed by atoms with E-state index in [2.05, 4.69) is 17.2 Å². The highest BCUT2D eigenvalue weighted by Crippen LogP contribution is 2.36. The lowest BCUT2D eigenvalue weighted by Crippen LogP contribution is -2.36. The smallest absolute Gasteiger partial charge is 0.239 e. The zero-order valence-electron chi connectivity index (χ0n) is 15.4. The lowest BCUT2D eigenvalue weighted by atomic mass is 9.99. The molecular formula is C20H24N2O4S. The zero-order chi connectivity index (χ0) is 19.4. The molecule has 1 amide bonds. The van der Waals surface area contributed by atoms with E-state index in [1.165, 1.54) is 11.8 Å². The Morgan fingerprint density at radius 3 is 2.52 bits per heavy atom. The first-order chi connectivity index (χ1) is 12.9. The van der Waals surface area contributed by atoms with Crippen LogP contribution in [0.1, 0.15) is 36.8 Å². The normalized spacial score (nSPS) is 23.1. The molecule has 3 N–H and O–H groups in total. The molecule has 1 aliphatic heterocycles. The minimum atomic E-state index is -0.855. The summed E-state index contributed by atoms with van der Waals surface area (Å²) in [4.78, 5) is 16.2. The quantitative estimate of drug-likeness (QED) is 0.674. The van der Waals surface area contributed by atoms with Crippen molar-refractivity contribution >= 4 is 17.7 Å². The van der Waals surface area contributed by atoms with Gasteiger partial charge >= 0.3 is 0 Å². The zero-order valence-corrected chi connectivity index (χ0v) is 16.2.